The largest absolute Gasteiger partial charge is 0.307 e. The van der Waals surface area contributed by atoms with Crippen molar-refractivity contribution in [3.05, 3.63) is 50.9 Å². The first kappa shape index (κ1) is 22.2. The topological polar surface area (TPSA) is 57.7 Å². The number of sulfonamides is 1. The van der Waals surface area contributed by atoms with Crippen molar-refractivity contribution in [1.82, 2.24) is 4.31 Å². The highest BCUT2D eigenvalue weighted by molar-refractivity contribution is 7.89. The molecular weight excluding hydrogens is 435 g/mol. The highest BCUT2D eigenvalue weighted by atomic mass is 35.5. The number of rotatable bonds is 8. The number of carbonyl (C=O) groups is 1. The second-order valence-corrected chi connectivity index (χ2v) is 10.6. The number of benzene rings is 1. The van der Waals surface area contributed by atoms with E-state index < -0.39 is 15.8 Å². The summed E-state index contributed by atoms with van der Waals surface area (Å²) >= 11 is 7.46. The van der Waals surface area contributed by atoms with E-state index in [4.69, 9.17) is 11.6 Å². The predicted molar refractivity (Wildman–Crippen MR) is 115 cm³/mol. The van der Waals surface area contributed by atoms with Crippen LogP contribution in [0.1, 0.15) is 36.1 Å². The number of anilines is 1. The summed E-state index contributed by atoms with van der Waals surface area (Å²) in [6.45, 7) is 3.43. The molecule has 1 fully saturated rings. The van der Waals surface area contributed by atoms with Crippen LogP contribution in [-0.2, 0) is 21.4 Å². The lowest BCUT2D eigenvalue weighted by molar-refractivity contribution is -0.118. The van der Waals surface area contributed by atoms with Gasteiger partial charge in [0.1, 0.15) is 5.82 Å². The molecule has 1 amide bonds. The Morgan fingerprint density at radius 2 is 2.00 bits per heavy atom. The van der Waals surface area contributed by atoms with Gasteiger partial charge < -0.3 is 4.90 Å². The number of halogens is 2. The van der Waals surface area contributed by atoms with E-state index in [1.165, 1.54) is 33.8 Å². The SMILES string of the molecule is Cc1ccsc1CN(C(=O)CCCS(=O)(=O)N1CCCC1)c1ccc(F)c(Cl)c1. The van der Waals surface area contributed by atoms with Crippen molar-refractivity contribution < 1.29 is 17.6 Å². The molecule has 0 aliphatic carbocycles. The summed E-state index contributed by atoms with van der Waals surface area (Å²) in [5.41, 5.74) is 1.56. The maximum atomic E-state index is 13.6. The number of nitrogens with zero attached hydrogens (tertiary/aromatic N) is 2. The van der Waals surface area contributed by atoms with Crippen LogP contribution in [0.5, 0.6) is 0 Å². The molecule has 1 aromatic heterocycles. The maximum absolute atomic E-state index is 13.6. The normalized spacial score (nSPS) is 15.0. The van der Waals surface area contributed by atoms with Crippen molar-refractivity contribution in [2.24, 2.45) is 0 Å². The van der Waals surface area contributed by atoms with Crippen molar-refractivity contribution in [3.63, 3.8) is 0 Å². The fourth-order valence-corrected chi connectivity index (χ4v) is 5.97. The van der Waals surface area contributed by atoms with Crippen LogP contribution in [0.25, 0.3) is 0 Å². The molecule has 0 atom stereocenters. The van der Waals surface area contributed by atoms with E-state index in [1.54, 1.807) is 4.90 Å². The predicted octanol–water partition coefficient (Wildman–Crippen LogP) is 4.59. The molecule has 0 unspecified atom stereocenters. The van der Waals surface area contributed by atoms with Crippen molar-refractivity contribution in [3.8, 4) is 0 Å². The molecule has 0 saturated carbocycles. The fraction of sp³-hybridized carbons (Fsp3) is 0.450. The lowest BCUT2D eigenvalue weighted by Crippen LogP contribution is -2.32. The highest BCUT2D eigenvalue weighted by Gasteiger charge is 2.26. The van der Waals surface area contributed by atoms with Gasteiger partial charge in [-0.15, -0.1) is 11.3 Å². The maximum Gasteiger partial charge on any atom is 0.227 e. The van der Waals surface area contributed by atoms with Gasteiger partial charge >= 0.3 is 0 Å². The number of amides is 1. The van der Waals surface area contributed by atoms with E-state index in [1.807, 2.05) is 18.4 Å². The minimum absolute atomic E-state index is 0.0468. The molecule has 1 aromatic carbocycles. The monoisotopic (exact) mass is 458 g/mol. The van der Waals surface area contributed by atoms with E-state index >= 15 is 0 Å². The van der Waals surface area contributed by atoms with Crippen LogP contribution in [0.15, 0.2) is 29.6 Å². The number of thiophene rings is 1. The van der Waals surface area contributed by atoms with Crippen LogP contribution in [-0.4, -0.2) is 37.5 Å². The van der Waals surface area contributed by atoms with Gasteiger partial charge in [-0.1, -0.05) is 11.6 Å². The molecule has 1 aliphatic heterocycles. The second-order valence-electron chi connectivity index (χ2n) is 7.13. The van der Waals surface area contributed by atoms with Gasteiger partial charge in [-0.3, -0.25) is 4.79 Å². The van der Waals surface area contributed by atoms with Crippen LogP contribution in [0.2, 0.25) is 5.02 Å². The molecule has 29 heavy (non-hydrogen) atoms. The summed E-state index contributed by atoms with van der Waals surface area (Å²) in [6.07, 6.45) is 2.11. The molecule has 2 heterocycles. The average Bonchev–Trinajstić information content (AvgIpc) is 3.34. The Morgan fingerprint density at radius 1 is 1.28 bits per heavy atom. The number of aryl methyl sites for hydroxylation is 1. The molecule has 1 aliphatic rings. The Hall–Kier alpha value is -1.48. The zero-order valence-corrected chi connectivity index (χ0v) is 18.6. The smallest absolute Gasteiger partial charge is 0.227 e. The van der Waals surface area contributed by atoms with Crippen molar-refractivity contribution in [2.45, 2.75) is 39.2 Å². The second kappa shape index (κ2) is 9.55. The zero-order valence-electron chi connectivity index (χ0n) is 16.2. The molecule has 0 N–H and O–H groups in total. The third-order valence-electron chi connectivity index (χ3n) is 5.04. The molecular formula is C20H24ClFN2O3S2. The Morgan fingerprint density at radius 3 is 2.62 bits per heavy atom. The van der Waals surface area contributed by atoms with Gasteiger partial charge in [0.2, 0.25) is 15.9 Å². The van der Waals surface area contributed by atoms with Gasteiger partial charge in [0.05, 0.1) is 17.3 Å². The van der Waals surface area contributed by atoms with E-state index in [0.29, 0.717) is 25.3 Å². The van der Waals surface area contributed by atoms with Crippen LogP contribution in [0.4, 0.5) is 10.1 Å². The minimum atomic E-state index is -3.32. The molecule has 1 saturated heterocycles. The Balaban J connectivity index is 1.71. The third-order valence-corrected chi connectivity index (χ3v) is 8.29. The number of carbonyl (C=O) groups excluding carboxylic acids is 1. The van der Waals surface area contributed by atoms with Crippen LogP contribution in [0, 0.1) is 12.7 Å². The van der Waals surface area contributed by atoms with Crippen molar-refractivity contribution >= 4 is 44.6 Å². The van der Waals surface area contributed by atoms with Gasteiger partial charge in [0, 0.05) is 30.1 Å². The van der Waals surface area contributed by atoms with E-state index in [2.05, 4.69) is 0 Å². The zero-order chi connectivity index (χ0) is 21.0. The average molecular weight is 459 g/mol. The summed E-state index contributed by atoms with van der Waals surface area (Å²) in [5, 5.41) is 1.90. The quantitative estimate of drug-likeness (QED) is 0.581. The van der Waals surface area contributed by atoms with Gasteiger partial charge in [0.15, 0.2) is 0 Å². The minimum Gasteiger partial charge on any atom is -0.307 e. The summed E-state index contributed by atoms with van der Waals surface area (Å²) in [7, 11) is -3.32. The van der Waals surface area contributed by atoms with Crippen LogP contribution < -0.4 is 4.90 Å². The van der Waals surface area contributed by atoms with Crippen molar-refractivity contribution in [2.75, 3.05) is 23.7 Å². The molecule has 3 rings (SSSR count). The summed E-state index contributed by atoms with van der Waals surface area (Å²) < 4.78 is 39.8. The summed E-state index contributed by atoms with van der Waals surface area (Å²) in [4.78, 5) is 15.5. The van der Waals surface area contributed by atoms with Gasteiger partial charge in [0.25, 0.3) is 0 Å². The van der Waals surface area contributed by atoms with Gasteiger partial charge in [-0.25, -0.2) is 17.1 Å². The highest BCUT2D eigenvalue weighted by Crippen LogP contribution is 2.27. The standard InChI is InChI=1S/C20H24ClFN2O3S2/c1-15-8-11-28-19(15)14-24(16-6-7-18(22)17(21)13-16)20(25)5-4-12-29(26,27)23-9-2-3-10-23/h6-8,11,13H,2-5,9-10,12,14H2,1H3. The fourth-order valence-electron chi connectivity index (χ4n) is 3.32. The van der Waals surface area contributed by atoms with Crippen LogP contribution in [0.3, 0.4) is 0 Å². The first-order chi connectivity index (χ1) is 13.8. The lowest BCUT2D eigenvalue weighted by atomic mass is 10.2. The molecule has 0 bridgehead atoms. The van der Waals surface area contributed by atoms with E-state index in [0.717, 1.165) is 23.3 Å². The van der Waals surface area contributed by atoms with Gasteiger partial charge in [-0.05, 0) is 61.4 Å². The third kappa shape index (κ3) is 5.57. The Bertz CT molecular complexity index is 972. The van der Waals surface area contributed by atoms with E-state index in [9.17, 15) is 17.6 Å². The molecule has 9 heteroatoms. The molecule has 5 nitrogen and oxygen atoms in total. The molecule has 0 radical (unpaired) electrons. The number of hydrogen-bond donors (Lipinski definition) is 0. The Labute approximate surface area is 180 Å². The first-order valence-electron chi connectivity index (χ1n) is 9.54. The number of hydrogen-bond acceptors (Lipinski definition) is 4. The lowest BCUT2D eigenvalue weighted by Gasteiger charge is -2.23. The first-order valence-corrected chi connectivity index (χ1v) is 12.4. The van der Waals surface area contributed by atoms with Gasteiger partial charge in [-0.2, -0.15) is 0 Å². The molecule has 0 spiro atoms. The summed E-state index contributed by atoms with van der Waals surface area (Å²) in [6, 6.07) is 6.15. The van der Waals surface area contributed by atoms with E-state index in [-0.39, 0.29) is 29.5 Å². The van der Waals surface area contributed by atoms with Crippen molar-refractivity contribution in [1.29, 1.82) is 0 Å². The Kier molecular flexibility index (Phi) is 7.32. The summed E-state index contributed by atoms with van der Waals surface area (Å²) in [5.74, 6) is -0.807. The molecule has 2 aromatic rings. The molecule has 158 valence electrons. The van der Waals surface area contributed by atoms with Crippen LogP contribution >= 0.6 is 22.9 Å².